The molecule has 0 aliphatic carbocycles. The van der Waals surface area contributed by atoms with Crippen molar-refractivity contribution in [3.05, 3.63) is 28.2 Å². The number of fused-ring (bicyclic) bond motifs is 1. The summed E-state index contributed by atoms with van der Waals surface area (Å²) >= 11 is 3.39. The van der Waals surface area contributed by atoms with Gasteiger partial charge in [0.2, 0.25) is 0 Å². The molecule has 1 aromatic carbocycles. The summed E-state index contributed by atoms with van der Waals surface area (Å²) in [7, 11) is 0. The fourth-order valence-corrected chi connectivity index (χ4v) is 3.76. The highest BCUT2D eigenvalue weighted by Crippen LogP contribution is 2.46. The van der Waals surface area contributed by atoms with Crippen molar-refractivity contribution in [2.45, 2.75) is 75.7 Å². The summed E-state index contributed by atoms with van der Waals surface area (Å²) in [4.78, 5) is 11.3. The third kappa shape index (κ3) is 5.98. The summed E-state index contributed by atoms with van der Waals surface area (Å²) in [6, 6.07) is 5.39. The Kier molecular flexibility index (Phi) is 7.52. The van der Waals surface area contributed by atoms with Gasteiger partial charge in [0, 0.05) is 16.5 Å². The average Bonchev–Trinajstić information content (AvgIpc) is 2.84. The van der Waals surface area contributed by atoms with Crippen LogP contribution >= 0.6 is 15.9 Å². The van der Waals surface area contributed by atoms with E-state index in [-0.39, 0.29) is 6.42 Å². The number of rotatable bonds is 10. The van der Waals surface area contributed by atoms with Crippen LogP contribution in [-0.2, 0) is 4.79 Å². The van der Waals surface area contributed by atoms with Crippen molar-refractivity contribution >= 4 is 22.2 Å². The number of carbonyl (C=O) groups excluding carboxylic acids is 1. The normalized spacial score (nSPS) is 22.1. The highest BCUT2D eigenvalue weighted by Gasteiger charge is 2.46. The first-order chi connectivity index (χ1) is 12.2. The fourth-order valence-electron chi connectivity index (χ4n) is 3.38. The van der Waals surface area contributed by atoms with E-state index in [1.54, 1.807) is 12.1 Å². The number of ether oxygens (including phenoxy) is 1. The summed E-state index contributed by atoms with van der Waals surface area (Å²) in [6.07, 6.45) is 1.48. The summed E-state index contributed by atoms with van der Waals surface area (Å²) in [6.45, 7) is 0. The molecule has 3 nitrogen and oxygen atoms in total. The van der Waals surface area contributed by atoms with E-state index >= 15 is 0 Å². The van der Waals surface area contributed by atoms with Gasteiger partial charge in [-0.2, -0.15) is 13.2 Å². The highest BCUT2D eigenvalue weighted by atomic mass is 79.9. The highest BCUT2D eigenvalue weighted by molar-refractivity contribution is 9.10. The zero-order valence-electron chi connectivity index (χ0n) is 14.5. The summed E-state index contributed by atoms with van der Waals surface area (Å²) in [5.74, 6) is -1.70. The Hall–Kier alpha value is -1.08. The third-order valence-corrected chi connectivity index (χ3v) is 5.24. The van der Waals surface area contributed by atoms with E-state index in [0.29, 0.717) is 24.9 Å². The molecule has 0 radical (unpaired) electrons. The molecule has 26 heavy (non-hydrogen) atoms. The first kappa shape index (κ1) is 21.2. The van der Waals surface area contributed by atoms with Gasteiger partial charge < -0.3 is 9.84 Å². The molecule has 0 bridgehead atoms. The molecule has 0 amide bonds. The Morgan fingerprint density at radius 3 is 2.35 bits per heavy atom. The molecule has 0 fully saturated rings. The van der Waals surface area contributed by atoms with E-state index in [2.05, 4.69) is 15.9 Å². The van der Waals surface area contributed by atoms with Gasteiger partial charge in [-0.25, -0.2) is 0 Å². The second kappa shape index (κ2) is 9.22. The minimum absolute atomic E-state index is 0.195. The molecular formula is C19H24BrF3O3. The zero-order valence-corrected chi connectivity index (χ0v) is 16.1. The standard InChI is InChI=1S/C19H24BrF3O3/c20-14-9-10-17-15(12-14)16(18(25,13-24)26-17)8-6-4-2-1-3-5-7-11-19(21,22)23/h9-10,12-13,16,25H,1-8,11H2. The van der Waals surface area contributed by atoms with Crippen LogP contribution < -0.4 is 4.74 Å². The van der Waals surface area contributed by atoms with Gasteiger partial charge in [0.05, 0.1) is 5.92 Å². The van der Waals surface area contributed by atoms with Gasteiger partial charge in [-0.1, -0.05) is 54.5 Å². The molecule has 1 aliphatic rings. The van der Waals surface area contributed by atoms with Crippen LogP contribution in [0.15, 0.2) is 22.7 Å². The lowest BCUT2D eigenvalue weighted by molar-refractivity contribution is -0.160. The number of halogens is 4. The van der Waals surface area contributed by atoms with Gasteiger partial charge in [0.25, 0.3) is 5.79 Å². The molecule has 1 N–H and O–H groups in total. The second-order valence-electron chi connectivity index (χ2n) is 6.84. The van der Waals surface area contributed by atoms with Gasteiger partial charge in [-0.15, -0.1) is 0 Å². The van der Waals surface area contributed by atoms with Crippen LogP contribution in [0, 0.1) is 0 Å². The summed E-state index contributed by atoms with van der Waals surface area (Å²) < 4.78 is 42.4. The number of benzene rings is 1. The van der Waals surface area contributed by atoms with E-state index in [1.165, 1.54) is 0 Å². The van der Waals surface area contributed by atoms with E-state index in [1.807, 2.05) is 6.07 Å². The van der Waals surface area contributed by atoms with Crippen molar-refractivity contribution < 1.29 is 27.8 Å². The van der Waals surface area contributed by atoms with E-state index in [4.69, 9.17) is 4.74 Å². The molecule has 2 atom stereocenters. The van der Waals surface area contributed by atoms with Crippen LogP contribution in [0.4, 0.5) is 13.2 Å². The predicted octanol–water partition coefficient (Wildman–Crippen LogP) is 5.89. The molecule has 0 aromatic heterocycles. The lowest BCUT2D eigenvalue weighted by Gasteiger charge is -2.23. The van der Waals surface area contributed by atoms with Crippen LogP contribution in [0.3, 0.4) is 0 Å². The maximum Gasteiger partial charge on any atom is 0.389 e. The quantitative estimate of drug-likeness (QED) is 0.367. The van der Waals surface area contributed by atoms with Crippen molar-refractivity contribution in [3.63, 3.8) is 0 Å². The number of hydrogen-bond donors (Lipinski definition) is 1. The lowest BCUT2D eigenvalue weighted by Crippen LogP contribution is -2.39. The van der Waals surface area contributed by atoms with Crippen molar-refractivity contribution in [1.82, 2.24) is 0 Å². The molecule has 2 rings (SSSR count). The molecular weight excluding hydrogens is 413 g/mol. The van der Waals surface area contributed by atoms with Crippen molar-refractivity contribution in [2.75, 3.05) is 0 Å². The molecule has 7 heteroatoms. The van der Waals surface area contributed by atoms with Gasteiger partial charge in [-0.3, -0.25) is 4.79 Å². The minimum atomic E-state index is -4.05. The second-order valence-corrected chi connectivity index (χ2v) is 7.75. The van der Waals surface area contributed by atoms with Gasteiger partial charge in [0.15, 0.2) is 6.29 Å². The molecule has 2 unspecified atom stereocenters. The topological polar surface area (TPSA) is 46.5 Å². The number of aldehydes is 1. The molecule has 0 saturated carbocycles. The molecule has 0 spiro atoms. The summed E-state index contributed by atoms with van der Waals surface area (Å²) in [5.41, 5.74) is 0.820. The van der Waals surface area contributed by atoms with Crippen molar-refractivity contribution in [3.8, 4) is 5.75 Å². The third-order valence-electron chi connectivity index (χ3n) is 4.74. The minimum Gasteiger partial charge on any atom is -0.454 e. The van der Waals surface area contributed by atoms with Gasteiger partial charge in [0.1, 0.15) is 5.75 Å². The summed E-state index contributed by atoms with van der Waals surface area (Å²) in [5, 5.41) is 10.4. The zero-order chi connectivity index (χ0) is 19.2. The first-order valence-electron chi connectivity index (χ1n) is 8.99. The molecule has 0 saturated heterocycles. The fraction of sp³-hybridized carbons (Fsp3) is 0.632. The molecule has 1 aromatic rings. The molecule has 1 heterocycles. The van der Waals surface area contributed by atoms with Gasteiger partial charge in [-0.05, 0) is 31.0 Å². The Bertz CT molecular complexity index is 606. The van der Waals surface area contributed by atoms with E-state index < -0.39 is 24.3 Å². The Morgan fingerprint density at radius 2 is 1.73 bits per heavy atom. The number of carbonyl (C=O) groups is 1. The number of hydrogen-bond acceptors (Lipinski definition) is 3. The first-order valence-corrected chi connectivity index (χ1v) is 9.78. The van der Waals surface area contributed by atoms with Crippen LogP contribution in [0.5, 0.6) is 5.75 Å². The molecule has 146 valence electrons. The Labute approximate surface area is 160 Å². The van der Waals surface area contributed by atoms with Crippen molar-refractivity contribution in [1.29, 1.82) is 0 Å². The van der Waals surface area contributed by atoms with Crippen LogP contribution in [0.25, 0.3) is 0 Å². The smallest absolute Gasteiger partial charge is 0.389 e. The van der Waals surface area contributed by atoms with Gasteiger partial charge >= 0.3 is 6.18 Å². The molecule has 1 aliphatic heterocycles. The van der Waals surface area contributed by atoms with Crippen LogP contribution in [-0.4, -0.2) is 23.4 Å². The largest absolute Gasteiger partial charge is 0.454 e. The SMILES string of the molecule is O=CC1(O)Oc2ccc(Br)cc2C1CCCCCCCCCC(F)(F)F. The Balaban J connectivity index is 1.70. The lowest BCUT2D eigenvalue weighted by atomic mass is 9.88. The Morgan fingerprint density at radius 1 is 1.12 bits per heavy atom. The predicted molar refractivity (Wildman–Crippen MR) is 96.1 cm³/mol. The van der Waals surface area contributed by atoms with Crippen LogP contribution in [0.2, 0.25) is 0 Å². The maximum atomic E-state index is 12.0. The maximum absolute atomic E-state index is 12.0. The van der Waals surface area contributed by atoms with E-state index in [0.717, 1.165) is 42.1 Å². The monoisotopic (exact) mass is 436 g/mol. The number of unbranched alkanes of at least 4 members (excludes halogenated alkanes) is 6. The number of aliphatic hydroxyl groups is 1. The van der Waals surface area contributed by atoms with Crippen LogP contribution in [0.1, 0.15) is 69.3 Å². The average molecular weight is 437 g/mol. The van der Waals surface area contributed by atoms with E-state index in [9.17, 15) is 23.1 Å². The van der Waals surface area contributed by atoms with Crippen molar-refractivity contribution in [2.24, 2.45) is 0 Å². The number of alkyl halides is 3.